The van der Waals surface area contributed by atoms with Gasteiger partial charge in [0.15, 0.2) is 11.5 Å². The summed E-state index contributed by atoms with van der Waals surface area (Å²) in [5.74, 6) is 1.10. The average molecular weight is 442 g/mol. The molecular formula is C19H23IO4. The van der Waals surface area contributed by atoms with Gasteiger partial charge in [-0.1, -0.05) is 38.1 Å². The molecule has 0 saturated carbocycles. The molecule has 1 heterocycles. The van der Waals surface area contributed by atoms with Crippen LogP contribution in [0.25, 0.3) is 6.08 Å². The molecule has 0 spiro atoms. The average Bonchev–Trinajstić information content (AvgIpc) is 3.04. The number of allylic oxidation sites excluding steroid dienone is 1. The third-order valence-corrected chi connectivity index (χ3v) is 7.71. The molecule has 1 aliphatic heterocycles. The van der Waals surface area contributed by atoms with Gasteiger partial charge in [-0.2, -0.15) is 0 Å². The fraction of sp³-hybridized carbons (Fsp3) is 0.474. The fourth-order valence-corrected chi connectivity index (χ4v) is 4.45. The molecule has 130 valence electrons. The lowest BCUT2D eigenvalue weighted by atomic mass is 9.63. The number of hydrogen-bond donors (Lipinski definition) is 2. The SMILES string of the molecule is C=Cc1ccc2c(c1[C@H](O)[C@]1(O)CCC(C)=C(I)C1(C)C)OCO2. The predicted molar refractivity (Wildman–Crippen MR) is 102 cm³/mol. The van der Waals surface area contributed by atoms with Crippen molar-refractivity contribution >= 4 is 28.7 Å². The number of aliphatic hydroxyl groups excluding tert-OH is 1. The van der Waals surface area contributed by atoms with E-state index in [0.717, 1.165) is 15.6 Å². The van der Waals surface area contributed by atoms with Gasteiger partial charge in [0.05, 0.1) is 0 Å². The van der Waals surface area contributed by atoms with Crippen molar-refractivity contribution in [2.45, 2.75) is 45.3 Å². The quantitative estimate of drug-likeness (QED) is 0.684. The van der Waals surface area contributed by atoms with Gasteiger partial charge in [0, 0.05) is 11.0 Å². The van der Waals surface area contributed by atoms with Crippen LogP contribution in [0.2, 0.25) is 0 Å². The summed E-state index contributed by atoms with van der Waals surface area (Å²) in [5.41, 5.74) is 0.688. The first-order valence-electron chi connectivity index (χ1n) is 8.05. The maximum Gasteiger partial charge on any atom is 0.231 e. The number of benzene rings is 1. The molecule has 5 heteroatoms. The number of aliphatic hydroxyl groups is 2. The lowest BCUT2D eigenvalue weighted by Gasteiger charge is -2.49. The number of ether oxygens (including phenoxy) is 2. The Balaban J connectivity index is 2.15. The third-order valence-electron chi connectivity index (χ3n) is 5.44. The van der Waals surface area contributed by atoms with Crippen LogP contribution in [0.3, 0.4) is 0 Å². The van der Waals surface area contributed by atoms with Gasteiger partial charge in [0.25, 0.3) is 0 Å². The number of fused-ring (bicyclic) bond motifs is 1. The van der Waals surface area contributed by atoms with Gasteiger partial charge in [-0.25, -0.2) is 0 Å². The van der Waals surface area contributed by atoms with Crippen molar-refractivity contribution in [1.82, 2.24) is 0 Å². The molecule has 0 aromatic heterocycles. The lowest BCUT2D eigenvalue weighted by molar-refractivity contribution is -0.144. The zero-order chi connectivity index (χ0) is 17.7. The predicted octanol–water partition coefficient (Wildman–Crippen LogP) is 4.35. The first-order chi connectivity index (χ1) is 11.2. The Hall–Kier alpha value is -1.05. The van der Waals surface area contributed by atoms with Crippen molar-refractivity contribution in [2.75, 3.05) is 6.79 Å². The van der Waals surface area contributed by atoms with Crippen LogP contribution in [0, 0.1) is 5.41 Å². The summed E-state index contributed by atoms with van der Waals surface area (Å²) >= 11 is 2.29. The largest absolute Gasteiger partial charge is 0.454 e. The monoisotopic (exact) mass is 442 g/mol. The molecule has 0 radical (unpaired) electrons. The van der Waals surface area contributed by atoms with Crippen molar-refractivity contribution in [2.24, 2.45) is 5.41 Å². The maximum atomic E-state index is 11.5. The third kappa shape index (κ3) is 2.40. The van der Waals surface area contributed by atoms with E-state index >= 15 is 0 Å². The van der Waals surface area contributed by atoms with E-state index in [9.17, 15) is 10.2 Å². The van der Waals surface area contributed by atoms with E-state index < -0.39 is 17.1 Å². The van der Waals surface area contributed by atoms with E-state index in [1.807, 2.05) is 19.9 Å². The van der Waals surface area contributed by atoms with Gasteiger partial charge < -0.3 is 19.7 Å². The summed E-state index contributed by atoms with van der Waals surface area (Å²) in [7, 11) is 0. The Morgan fingerprint density at radius 1 is 1.33 bits per heavy atom. The van der Waals surface area contributed by atoms with Crippen LogP contribution in [-0.2, 0) is 0 Å². The van der Waals surface area contributed by atoms with Gasteiger partial charge in [-0.3, -0.25) is 0 Å². The highest BCUT2D eigenvalue weighted by atomic mass is 127. The minimum atomic E-state index is -1.30. The summed E-state index contributed by atoms with van der Waals surface area (Å²) in [6.07, 6.45) is 1.81. The summed E-state index contributed by atoms with van der Waals surface area (Å²) in [4.78, 5) is 0. The second-order valence-electron chi connectivity index (χ2n) is 7.05. The molecule has 2 aliphatic rings. The van der Waals surface area contributed by atoms with Crippen LogP contribution < -0.4 is 9.47 Å². The Kier molecular flexibility index (Phi) is 4.47. The van der Waals surface area contributed by atoms with Gasteiger partial charge in [0.1, 0.15) is 11.7 Å². The van der Waals surface area contributed by atoms with Crippen LogP contribution in [0.15, 0.2) is 27.9 Å². The lowest BCUT2D eigenvalue weighted by Crippen LogP contribution is -2.52. The molecule has 1 aromatic carbocycles. The van der Waals surface area contributed by atoms with Crippen LogP contribution in [0.4, 0.5) is 0 Å². The Bertz CT molecular complexity index is 722. The van der Waals surface area contributed by atoms with Crippen molar-refractivity contribution in [3.8, 4) is 11.5 Å². The molecular weight excluding hydrogens is 419 g/mol. The maximum absolute atomic E-state index is 11.5. The minimum absolute atomic E-state index is 0.119. The van der Waals surface area contributed by atoms with Crippen molar-refractivity contribution in [3.05, 3.63) is 39.0 Å². The highest BCUT2D eigenvalue weighted by molar-refractivity contribution is 14.1. The molecule has 0 bridgehead atoms. The van der Waals surface area contributed by atoms with Crippen molar-refractivity contribution in [3.63, 3.8) is 0 Å². The van der Waals surface area contributed by atoms with E-state index in [1.54, 1.807) is 12.1 Å². The summed E-state index contributed by atoms with van der Waals surface area (Å²) in [6, 6.07) is 3.64. The zero-order valence-electron chi connectivity index (χ0n) is 14.2. The molecule has 1 aromatic rings. The zero-order valence-corrected chi connectivity index (χ0v) is 16.4. The first-order valence-corrected chi connectivity index (χ1v) is 9.13. The minimum Gasteiger partial charge on any atom is -0.454 e. The fourth-order valence-electron chi connectivity index (χ4n) is 3.71. The normalized spacial score (nSPS) is 26.4. The van der Waals surface area contributed by atoms with Gasteiger partial charge in [-0.05, 0) is 57.6 Å². The summed E-state index contributed by atoms with van der Waals surface area (Å²) < 4.78 is 12.1. The molecule has 24 heavy (non-hydrogen) atoms. The van der Waals surface area contributed by atoms with E-state index in [2.05, 4.69) is 36.1 Å². The second kappa shape index (κ2) is 6.04. The van der Waals surface area contributed by atoms with E-state index in [1.165, 1.54) is 5.57 Å². The molecule has 2 N–H and O–H groups in total. The Morgan fingerprint density at radius 2 is 2.04 bits per heavy atom. The molecule has 3 rings (SSSR count). The van der Waals surface area contributed by atoms with Crippen LogP contribution >= 0.6 is 22.6 Å². The highest BCUT2D eigenvalue weighted by Crippen LogP contribution is 2.57. The van der Waals surface area contributed by atoms with Crippen LogP contribution in [0.5, 0.6) is 11.5 Å². The molecule has 0 fully saturated rings. The number of halogens is 1. The van der Waals surface area contributed by atoms with Crippen molar-refractivity contribution < 1.29 is 19.7 Å². The van der Waals surface area contributed by atoms with E-state index in [4.69, 9.17) is 9.47 Å². The topological polar surface area (TPSA) is 58.9 Å². The summed E-state index contributed by atoms with van der Waals surface area (Å²) in [6.45, 7) is 10.00. The Morgan fingerprint density at radius 3 is 2.71 bits per heavy atom. The number of hydrogen-bond acceptors (Lipinski definition) is 4. The van der Waals surface area contributed by atoms with Gasteiger partial charge in [0.2, 0.25) is 6.79 Å². The molecule has 2 atom stereocenters. The smallest absolute Gasteiger partial charge is 0.231 e. The molecule has 4 nitrogen and oxygen atoms in total. The Labute approximate surface area is 156 Å². The summed E-state index contributed by atoms with van der Waals surface area (Å²) in [5, 5.41) is 22.8. The first kappa shape index (κ1) is 17.8. The molecule has 1 aliphatic carbocycles. The highest BCUT2D eigenvalue weighted by Gasteiger charge is 2.54. The second-order valence-corrected chi connectivity index (χ2v) is 8.13. The van der Waals surface area contributed by atoms with Crippen LogP contribution in [0.1, 0.15) is 50.8 Å². The molecule has 0 saturated heterocycles. The van der Waals surface area contributed by atoms with Crippen molar-refractivity contribution in [1.29, 1.82) is 0 Å². The van der Waals surface area contributed by atoms with E-state index in [-0.39, 0.29) is 6.79 Å². The molecule has 0 amide bonds. The van der Waals surface area contributed by atoms with Gasteiger partial charge >= 0.3 is 0 Å². The number of rotatable bonds is 3. The van der Waals surface area contributed by atoms with E-state index in [0.29, 0.717) is 23.5 Å². The molecule has 0 unspecified atom stereocenters. The standard InChI is InChI=1S/C19H23IO4/c1-5-12-6-7-13-15(24-10-23-13)14(12)17(21)19(22)9-8-11(2)16(20)18(19,3)4/h5-7,17,21-22H,1,8-10H2,2-4H3/t17-,19+/m0/s1. The van der Waals surface area contributed by atoms with Crippen LogP contribution in [-0.4, -0.2) is 22.6 Å². The van der Waals surface area contributed by atoms with Gasteiger partial charge in [-0.15, -0.1) is 0 Å².